The Labute approximate surface area is 97.1 Å². The van der Waals surface area contributed by atoms with Gasteiger partial charge in [0.25, 0.3) is 0 Å². The van der Waals surface area contributed by atoms with Gasteiger partial charge in [0.15, 0.2) is 5.82 Å². The van der Waals surface area contributed by atoms with Crippen LogP contribution < -0.4 is 4.90 Å². The molecule has 1 N–H and O–H groups in total. The molecule has 80 valence electrons. The second-order valence-electron chi connectivity index (χ2n) is 3.43. The maximum atomic E-state index is 13.2. The Morgan fingerprint density at radius 1 is 1.27 bits per heavy atom. The quantitative estimate of drug-likeness (QED) is 0.752. The molecule has 1 aromatic carbocycles. The maximum absolute atomic E-state index is 13.2. The largest absolute Gasteiger partial charge is 0.330 e. The van der Waals surface area contributed by atoms with Gasteiger partial charge >= 0.3 is 0 Å². The molecule has 5 heteroatoms. The Balaban J connectivity index is 2.41. The molecule has 2 rings (SSSR count). The van der Waals surface area contributed by atoms with Crippen molar-refractivity contribution in [2.75, 3.05) is 11.4 Å². The highest BCUT2D eigenvalue weighted by molar-refractivity contribution is 6.35. The summed E-state index contributed by atoms with van der Waals surface area (Å²) in [5.41, 5.74) is 0.689. The van der Waals surface area contributed by atoms with Crippen LogP contribution in [0.3, 0.4) is 0 Å². The van der Waals surface area contributed by atoms with Crippen LogP contribution in [0.25, 0.3) is 0 Å². The van der Waals surface area contributed by atoms with E-state index in [0.717, 1.165) is 19.4 Å². The van der Waals surface area contributed by atoms with Crippen molar-refractivity contribution in [2.45, 2.75) is 12.8 Å². The van der Waals surface area contributed by atoms with Crippen molar-refractivity contribution in [1.82, 2.24) is 0 Å². The molecule has 1 saturated heterocycles. The van der Waals surface area contributed by atoms with E-state index >= 15 is 0 Å². The van der Waals surface area contributed by atoms with Gasteiger partial charge in [0.1, 0.15) is 5.84 Å². The zero-order valence-electron chi connectivity index (χ0n) is 7.86. The van der Waals surface area contributed by atoms with Gasteiger partial charge in [-0.05, 0) is 18.6 Å². The monoisotopic (exact) mass is 246 g/mol. The van der Waals surface area contributed by atoms with Crippen LogP contribution in [0.4, 0.5) is 10.1 Å². The van der Waals surface area contributed by atoms with Crippen LogP contribution in [-0.2, 0) is 0 Å². The number of halogens is 3. The van der Waals surface area contributed by atoms with Crippen molar-refractivity contribution >= 4 is 34.7 Å². The maximum Gasteiger partial charge on any atom is 0.160 e. The van der Waals surface area contributed by atoms with Crippen molar-refractivity contribution in [3.63, 3.8) is 0 Å². The molecule has 0 spiro atoms. The molecular formula is C10H9Cl2FN2. The van der Waals surface area contributed by atoms with Crippen molar-refractivity contribution in [1.29, 1.82) is 5.41 Å². The summed E-state index contributed by atoms with van der Waals surface area (Å²) in [4.78, 5) is 1.79. The van der Waals surface area contributed by atoms with Gasteiger partial charge in [-0.25, -0.2) is 4.39 Å². The third-order valence-corrected chi connectivity index (χ3v) is 2.95. The molecule has 1 heterocycles. The molecule has 0 aliphatic carbocycles. The van der Waals surface area contributed by atoms with Gasteiger partial charge in [0.05, 0.1) is 10.0 Å². The van der Waals surface area contributed by atoms with E-state index in [4.69, 9.17) is 28.6 Å². The van der Waals surface area contributed by atoms with E-state index in [1.165, 1.54) is 12.1 Å². The number of anilines is 1. The SMILES string of the molecule is N=C1CCCN1c1cc(Cl)c(F)c(Cl)c1. The van der Waals surface area contributed by atoms with Crippen molar-refractivity contribution in [3.05, 3.63) is 28.0 Å². The molecule has 0 radical (unpaired) electrons. The average Bonchev–Trinajstić information content (AvgIpc) is 2.60. The van der Waals surface area contributed by atoms with Crippen LogP contribution in [0, 0.1) is 11.2 Å². The molecule has 2 nitrogen and oxygen atoms in total. The molecule has 1 aliphatic rings. The fourth-order valence-electron chi connectivity index (χ4n) is 1.66. The zero-order chi connectivity index (χ0) is 11.0. The summed E-state index contributed by atoms with van der Waals surface area (Å²) < 4.78 is 13.2. The standard InChI is InChI=1S/C10H9Cl2FN2/c11-7-4-6(5-8(12)10(7)13)15-3-1-2-9(15)14/h4-5,14H,1-3H2. The Hall–Kier alpha value is -0.800. The second-order valence-corrected chi connectivity index (χ2v) is 4.24. The van der Waals surface area contributed by atoms with E-state index < -0.39 is 5.82 Å². The number of amidine groups is 1. The summed E-state index contributed by atoms with van der Waals surface area (Å²) in [7, 11) is 0. The lowest BCUT2D eigenvalue weighted by atomic mass is 10.3. The smallest absolute Gasteiger partial charge is 0.160 e. The van der Waals surface area contributed by atoms with E-state index in [2.05, 4.69) is 0 Å². The highest BCUT2D eigenvalue weighted by Gasteiger charge is 2.20. The number of nitrogens with zero attached hydrogens (tertiary/aromatic N) is 1. The summed E-state index contributed by atoms with van der Waals surface area (Å²) in [5.74, 6) is -0.0819. The minimum absolute atomic E-state index is 0.00259. The van der Waals surface area contributed by atoms with Crippen LogP contribution in [0.1, 0.15) is 12.8 Å². The molecule has 1 fully saturated rings. The van der Waals surface area contributed by atoms with E-state index in [0.29, 0.717) is 11.5 Å². The third-order valence-electron chi connectivity index (χ3n) is 2.40. The summed E-state index contributed by atoms with van der Waals surface area (Å²) in [6.45, 7) is 0.761. The molecule has 0 bridgehead atoms. The van der Waals surface area contributed by atoms with Gasteiger partial charge in [0.2, 0.25) is 0 Å². The van der Waals surface area contributed by atoms with Crippen LogP contribution in [-0.4, -0.2) is 12.4 Å². The first kappa shape index (κ1) is 10.7. The number of nitrogens with one attached hydrogen (secondary N) is 1. The molecular weight excluding hydrogens is 238 g/mol. The summed E-state index contributed by atoms with van der Waals surface area (Å²) in [5, 5.41) is 7.68. The molecule has 1 aliphatic heterocycles. The van der Waals surface area contributed by atoms with Crippen molar-refractivity contribution < 1.29 is 4.39 Å². The predicted octanol–water partition coefficient (Wildman–Crippen LogP) is 3.71. The fraction of sp³-hybridized carbons (Fsp3) is 0.300. The summed E-state index contributed by atoms with van der Waals surface area (Å²) in [6.07, 6.45) is 1.68. The summed E-state index contributed by atoms with van der Waals surface area (Å²) in [6, 6.07) is 3.01. The van der Waals surface area contributed by atoms with Gasteiger partial charge in [-0.2, -0.15) is 0 Å². The summed E-state index contributed by atoms with van der Waals surface area (Å²) >= 11 is 11.4. The topological polar surface area (TPSA) is 27.1 Å². The number of hydrogen-bond acceptors (Lipinski definition) is 1. The predicted molar refractivity (Wildman–Crippen MR) is 60.7 cm³/mol. The number of rotatable bonds is 1. The molecule has 1 aromatic rings. The lowest BCUT2D eigenvalue weighted by molar-refractivity contribution is 0.628. The van der Waals surface area contributed by atoms with Gasteiger partial charge in [0, 0.05) is 18.7 Å². The molecule has 0 unspecified atom stereocenters. The van der Waals surface area contributed by atoms with E-state index in [1.54, 1.807) is 4.90 Å². The van der Waals surface area contributed by atoms with E-state index in [9.17, 15) is 4.39 Å². The van der Waals surface area contributed by atoms with Crippen LogP contribution in [0.5, 0.6) is 0 Å². The van der Waals surface area contributed by atoms with Crippen molar-refractivity contribution in [3.8, 4) is 0 Å². The molecule has 15 heavy (non-hydrogen) atoms. The van der Waals surface area contributed by atoms with Gasteiger partial charge in [-0.1, -0.05) is 23.2 Å². The van der Waals surface area contributed by atoms with Crippen LogP contribution >= 0.6 is 23.2 Å². The Morgan fingerprint density at radius 3 is 2.33 bits per heavy atom. The van der Waals surface area contributed by atoms with E-state index in [1.807, 2.05) is 0 Å². The normalized spacial score (nSPS) is 16.2. The highest BCUT2D eigenvalue weighted by atomic mass is 35.5. The fourth-order valence-corrected chi connectivity index (χ4v) is 2.13. The Kier molecular flexibility index (Phi) is 2.85. The number of benzene rings is 1. The Bertz CT molecular complexity index is 397. The van der Waals surface area contributed by atoms with Crippen LogP contribution in [0.15, 0.2) is 12.1 Å². The van der Waals surface area contributed by atoms with Crippen molar-refractivity contribution in [2.24, 2.45) is 0 Å². The lowest BCUT2D eigenvalue weighted by Crippen LogP contribution is -2.23. The van der Waals surface area contributed by atoms with E-state index in [-0.39, 0.29) is 10.0 Å². The number of hydrogen-bond donors (Lipinski definition) is 1. The molecule has 0 amide bonds. The van der Waals surface area contributed by atoms with Gasteiger partial charge in [-0.15, -0.1) is 0 Å². The molecule has 0 atom stereocenters. The minimum atomic E-state index is -0.604. The van der Waals surface area contributed by atoms with Gasteiger partial charge in [-0.3, -0.25) is 5.41 Å². The zero-order valence-corrected chi connectivity index (χ0v) is 9.37. The second kappa shape index (κ2) is 3.99. The first-order valence-electron chi connectivity index (χ1n) is 4.59. The molecule has 0 saturated carbocycles. The average molecular weight is 247 g/mol. The first-order valence-corrected chi connectivity index (χ1v) is 5.34. The van der Waals surface area contributed by atoms with Crippen LogP contribution in [0.2, 0.25) is 10.0 Å². The third kappa shape index (κ3) is 1.94. The first-order chi connectivity index (χ1) is 7.09. The van der Waals surface area contributed by atoms with Gasteiger partial charge < -0.3 is 4.90 Å². The Morgan fingerprint density at radius 2 is 1.87 bits per heavy atom. The highest BCUT2D eigenvalue weighted by Crippen LogP contribution is 2.31. The molecule has 0 aromatic heterocycles. The minimum Gasteiger partial charge on any atom is -0.330 e. The lowest BCUT2D eigenvalue weighted by Gasteiger charge is -2.18.